The van der Waals surface area contributed by atoms with Gasteiger partial charge in [-0.25, -0.2) is 0 Å². The van der Waals surface area contributed by atoms with Crippen LogP contribution in [0.5, 0.6) is 11.5 Å². The number of methoxy groups -OCH3 is 1. The molecule has 0 unspecified atom stereocenters. The topological polar surface area (TPSA) is 84.9 Å². The van der Waals surface area contributed by atoms with Gasteiger partial charge in [0.1, 0.15) is 13.2 Å². The molecule has 0 atom stereocenters. The summed E-state index contributed by atoms with van der Waals surface area (Å²) in [5.74, 6) is -0.158. The third kappa shape index (κ3) is 7.16. The Labute approximate surface area is 248 Å². The van der Waals surface area contributed by atoms with Crippen LogP contribution in [0.2, 0.25) is 10.0 Å². The molecule has 1 aliphatic heterocycles. The number of hydrogen-bond acceptors (Lipinski definition) is 6. The van der Waals surface area contributed by atoms with E-state index in [-0.39, 0.29) is 18.1 Å². The van der Waals surface area contributed by atoms with Crippen molar-refractivity contribution in [1.82, 2.24) is 4.90 Å². The van der Waals surface area contributed by atoms with Gasteiger partial charge in [0.2, 0.25) is 5.91 Å². The summed E-state index contributed by atoms with van der Waals surface area (Å²) in [6, 6.07) is 16.0. The van der Waals surface area contributed by atoms with E-state index in [0.717, 1.165) is 34.2 Å². The quantitative estimate of drug-likeness (QED) is 0.241. The number of nitrogens with zero attached hydrogens (tertiary/aromatic N) is 1. The molecule has 1 saturated heterocycles. The number of nitrogens with one attached hydrogen (secondary N) is 1. The van der Waals surface area contributed by atoms with Crippen molar-refractivity contribution in [2.75, 3.05) is 19.0 Å². The summed E-state index contributed by atoms with van der Waals surface area (Å²) in [4.78, 5) is 39.1. The maximum absolute atomic E-state index is 13.0. The fourth-order valence-electron chi connectivity index (χ4n) is 3.71. The first kappa shape index (κ1) is 29.0. The van der Waals surface area contributed by atoms with Crippen molar-refractivity contribution in [3.8, 4) is 11.5 Å². The van der Waals surface area contributed by atoms with Gasteiger partial charge in [-0.3, -0.25) is 19.3 Å². The van der Waals surface area contributed by atoms with Crippen molar-refractivity contribution < 1.29 is 23.9 Å². The number of aryl methyl sites for hydroxylation is 1. The molecule has 4 rings (SSSR count). The third-order valence-electron chi connectivity index (χ3n) is 5.76. The molecule has 202 valence electrons. The molecule has 0 spiro atoms. The van der Waals surface area contributed by atoms with Crippen LogP contribution in [0.15, 0.2) is 64.0 Å². The minimum atomic E-state index is -0.547. The van der Waals surface area contributed by atoms with E-state index in [1.807, 2.05) is 19.1 Å². The number of hydrogen-bond donors (Lipinski definition) is 1. The van der Waals surface area contributed by atoms with Crippen molar-refractivity contribution in [3.05, 3.63) is 90.7 Å². The van der Waals surface area contributed by atoms with E-state index >= 15 is 0 Å². The Morgan fingerprint density at radius 3 is 2.51 bits per heavy atom. The van der Waals surface area contributed by atoms with Crippen LogP contribution >= 0.6 is 50.9 Å². The zero-order valence-corrected chi connectivity index (χ0v) is 24.8. The average Bonchev–Trinajstić information content (AvgIpc) is 3.16. The highest BCUT2D eigenvalue weighted by Crippen LogP contribution is 2.40. The van der Waals surface area contributed by atoms with Crippen LogP contribution in [-0.4, -0.2) is 35.6 Å². The highest BCUT2D eigenvalue weighted by molar-refractivity contribution is 9.10. The van der Waals surface area contributed by atoms with Crippen molar-refractivity contribution in [3.63, 3.8) is 0 Å². The van der Waals surface area contributed by atoms with Gasteiger partial charge in [-0.15, -0.1) is 0 Å². The van der Waals surface area contributed by atoms with Gasteiger partial charge in [0, 0.05) is 21.3 Å². The Morgan fingerprint density at radius 2 is 1.85 bits per heavy atom. The van der Waals surface area contributed by atoms with Gasteiger partial charge in [0.25, 0.3) is 11.1 Å². The number of benzene rings is 3. The molecule has 0 aromatic heterocycles. The second-order valence-electron chi connectivity index (χ2n) is 8.43. The lowest BCUT2D eigenvalue weighted by Gasteiger charge is -2.14. The van der Waals surface area contributed by atoms with E-state index < -0.39 is 17.1 Å². The highest BCUT2D eigenvalue weighted by Gasteiger charge is 2.36. The largest absolute Gasteiger partial charge is 0.493 e. The fourth-order valence-corrected chi connectivity index (χ4v) is 5.58. The molecule has 1 N–H and O–H groups in total. The molecule has 11 heteroatoms. The number of carbonyl (C=O) groups excluding carboxylic acids is 3. The summed E-state index contributed by atoms with van der Waals surface area (Å²) in [5.41, 5.74) is 3.08. The van der Waals surface area contributed by atoms with Crippen LogP contribution in [0, 0.1) is 0 Å². The molecule has 39 heavy (non-hydrogen) atoms. The molecule has 3 aromatic rings. The van der Waals surface area contributed by atoms with Gasteiger partial charge in [-0.1, -0.05) is 48.3 Å². The smallest absolute Gasteiger partial charge is 0.294 e. The SMILES string of the molecule is CCc1ccc(NC(=O)CN2C(=O)S/C(=C/c3cc(Br)c(OCc4ccc(Cl)cc4Cl)c(OC)c3)C2=O)cc1. The second kappa shape index (κ2) is 12.9. The standard InChI is InChI=1S/C28H23BrCl2N2O5S/c1-3-16-4-8-20(9-5-16)32-25(34)14-33-27(35)24(39-28(33)36)12-17-10-21(29)26(23(11-17)37-2)38-15-18-6-7-19(30)13-22(18)31/h4-13H,3,14-15H2,1-2H3,(H,32,34)/b24-12+. The van der Waals surface area contributed by atoms with Crippen molar-refractivity contribution >= 4 is 79.7 Å². The van der Waals surface area contributed by atoms with Crippen LogP contribution in [0.4, 0.5) is 10.5 Å². The molecule has 7 nitrogen and oxygen atoms in total. The minimum absolute atomic E-state index is 0.175. The first-order valence-corrected chi connectivity index (χ1v) is 14.1. The Bertz CT molecular complexity index is 1460. The molecular weight excluding hydrogens is 627 g/mol. The van der Waals surface area contributed by atoms with Crippen LogP contribution in [0.25, 0.3) is 6.08 Å². The van der Waals surface area contributed by atoms with Gasteiger partial charge in [-0.05, 0) is 87.7 Å². The van der Waals surface area contributed by atoms with Crippen LogP contribution < -0.4 is 14.8 Å². The lowest BCUT2D eigenvalue weighted by Crippen LogP contribution is -2.36. The van der Waals surface area contributed by atoms with Gasteiger partial charge in [-0.2, -0.15) is 0 Å². The Kier molecular flexibility index (Phi) is 9.61. The summed E-state index contributed by atoms with van der Waals surface area (Å²) in [6.07, 6.45) is 2.45. The lowest BCUT2D eigenvalue weighted by molar-refractivity contribution is -0.127. The summed E-state index contributed by atoms with van der Waals surface area (Å²) in [6.45, 7) is 1.83. The van der Waals surface area contributed by atoms with Gasteiger partial charge >= 0.3 is 0 Å². The summed E-state index contributed by atoms with van der Waals surface area (Å²) < 4.78 is 12.0. The predicted octanol–water partition coefficient (Wildman–Crippen LogP) is 7.58. The predicted molar refractivity (Wildman–Crippen MR) is 159 cm³/mol. The maximum Gasteiger partial charge on any atom is 0.294 e. The lowest BCUT2D eigenvalue weighted by atomic mass is 10.1. The zero-order valence-electron chi connectivity index (χ0n) is 20.9. The number of amides is 3. The molecule has 0 aliphatic carbocycles. The highest BCUT2D eigenvalue weighted by atomic mass is 79.9. The van der Waals surface area contributed by atoms with E-state index in [1.165, 1.54) is 7.11 Å². The average molecular weight is 650 g/mol. The van der Waals surface area contributed by atoms with Gasteiger partial charge in [0.15, 0.2) is 11.5 Å². The van der Waals surface area contributed by atoms with Gasteiger partial charge in [0.05, 0.1) is 16.5 Å². The van der Waals surface area contributed by atoms with Crippen molar-refractivity contribution in [1.29, 1.82) is 0 Å². The van der Waals surface area contributed by atoms with Crippen LogP contribution in [0.1, 0.15) is 23.6 Å². The number of anilines is 1. The first-order valence-electron chi connectivity index (χ1n) is 11.8. The van der Waals surface area contributed by atoms with E-state index in [4.69, 9.17) is 32.7 Å². The molecule has 0 radical (unpaired) electrons. The van der Waals surface area contributed by atoms with E-state index in [9.17, 15) is 14.4 Å². The molecule has 0 bridgehead atoms. The molecule has 3 aromatic carbocycles. The number of halogens is 3. The summed E-state index contributed by atoms with van der Waals surface area (Å²) >= 11 is 16.5. The van der Waals surface area contributed by atoms with Crippen molar-refractivity contribution in [2.45, 2.75) is 20.0 Å². The normalized spacial score (nSPS) is 14.2. The second-order valence-corrected chi connectivity index (χ2v) is 11.1. The van der Waals surface area contributed by atoms with E-state index in [2.05, 4.69) is 21.2 Å². The molecule has 0 saturated carbocycles. The summed E-state index contributed by atoms with van der Waals surface area (Å²) in [5, 5.41) is 3.21. The Morgan fingerprint density at radius 1 is 1.10 bits per heavy atom. The zero-order chi connectivity index (χ0) is 28.1. The first-order chi connectivity index (χ1) is 18.7. The molecule has 3 amide bonds. The van der Waals surface area contributed by atoms with E-state index in [0.29, 0.717) is 37.3 Å². The number of ether oxygens (including phenoxy) is 2. The molecular formula is C28H23BrCl2N2O5S. The Hall–Kier alpha value is -2.98. The van der Waals surface area contributed by atoms with Crippen LogP contribution in [0.3, 0.4) is 0 Å². The molecule has 1 aliphatic rings. The number of carbonyl (C=O) groups is 3. The monoisotopic (exact) mass is 648 g/mol. The van der Waals surface area contributed by atoms with E-state index in [1.54, 1.807) is 48.5 Å². The third-order valence-corrected chi connectivity index (χ3v) is 7.84. The van der Waals surface area contributed by atoms with Crippen molar-refractivity contribution in [2.24, 2.45) is 0 Å². The number of rotatable bonds is 9. The fraction of sp³-hybridized carbons (Fsp3) is 0.179. The maximum atomic E-state index is 13.0. The van der Waals surface area contributed by atoms with Crippen LogP contribution in [-0.2, 0) is 22.6 Å². The summed E-state index contributed by atoms with van der Waals surface area (Å²) in [7, 11) is 1.50. The number of imide groups is 1. The minimum Gasteiger partial charge on any atom is -0.493 e. The molecule has 1 heterocycles. The Balaban J connectivity index is 1.46. The van der Waals surface area contributed by atoms with Gasteiger partial charge < -0.3 is 14.8 Å². The number of thioether (sulfide) groups is 1. The molecule has 1 fully saturated rings.